The van der Waals surface area contributed by atoms with Crippen LogP contribution in [0.2, 0.25) is 0 Å². The van der Waals surface area contributed by atoms with Crippen LogP contribution in [0.4, 0.5) is 0 Å². The molecule has 0 bridgehead atoms. The molecule has 0 spiro atoms. The maximum absolute atomic E-state index is 12.7. The summed E-state index contributed by atoms with van der Waals surface area (Å²) in [5, 5.41) is 4.01. The Balaban J connectivity index is 1.47. The molecule has 1 aliphatic rings. The molecule has 28 heavy (non-hydrogen) atoms. The van der Waals surface area contributed by atoms with E-state index in [9.17, 15) is 4.79 Å². The van der Waals surface area contributed by atoms with Crippen molar-refractivity contribution < 1.29 is 9.32 Å². The predicted molar refractivity (Wildman–Crippen MR) is 104 cm³/mol. The maximum atomic E-state index is 12.7. The Morgan fingerprint density at radius 2 is 2.21 bits per heavy atom. The Morgan fingerprint density at radius 3 is 2.96 bits per heavy atom. The lowest BCUT2D eigenvalue weighted by atomic mass is 9.92. The molecule has 1 fully saturated rings. The number of rotatable bonds is 4. The van der Waals surface area contributed by atoms with Gasteiger partial charge in [-0.05, 0) is 57.2 Å². The van der Waals surface area contributed by atoms with Gasteiger partial charge in [0.1, 0.15) is 12.1 Å². The van der Waals surface area contributed by atoms with Crippen molar-refractivity contribution in [1.29, 1.82) is 0 Å². The molecule has 7 heteroatoms. The summed E-state index contributed by atoms with van der Waals surface area (Å²) in [5.41, 5.74) is 4.21. The first-order valence-corrected chi connectivity index (χ1v) is 9.55. The van der Waals surface area contributed by atoms with Gasteiger partial charge in [0, 0.05) is 31.2 Å². The van der Waals surface area contributed by atoms with Crippen molar-refractivity contribution in [3.63, 3.8) is 0 Å². The van der Waals surface area contributed by atoms with Crippen LogP contribution in [0.15, 0.2) is 41.4 Å². The van der Waals surface area contributed by atoms with Gasteiger partial charge in [0.2, 0.25) is 0 Å². The van der Waals surface area contributed by atoms with Gasteiger partial charge in [-0.2, -0.15) is 0 Å². The SMILES string of the molecule is Cc1noc(C)c1-c1cc(CC2CCCN(C(=O)c3cccnc3)C2)ncn1. The molecule has 0 N–H and O–H groups in total. The monoisotopic (exact) mass is 377 g/mol. The van der Waals surface area contributed by atoms with Gasteiger partial charge >= 0.3 is 0 Å². The van der Waals surface area contributed by atoms with Crippen LogP contribution in [0.5, 0.6) is 0 Å². The van der Waals surface area contributed by atoms with E-state index in [1.165, 1.54) is 0 Å². The highest BCUT2D eigenvalue weighted by molar-refractivity contribution is 5.93. The third-order valence-corrected chi connectivity index (χ3v) is 5.23. The molecule has 3 aromatic rings. The summed E-state index contributed by atoms with van der Waals surface area (Å²) in [4.78, 5) is 27.6. The van der Waals surface area contributed by atoms with Crippen LogP contribution in [0, 0.1) is 19.8 Å². The number of carbonyl (C=O) groups is 1. The minimum Gasteiger partial charge on any atom is -0.361 e. The minimum atomic E-state index is 0.0527. The molecule has 1 atom stereocenters. The normalized spacial score (nSPS) is 16.9. The van der Waals surface area contributed by atoms with Gasteiger partial charge in [-0.1, -0.05) is 5.16 Å². The van der Waals surface area contributed by atoms with Gasteiger partial charge in [-0.3, -0.25) is 9.78 Å². The predicted octanol–water partition coefficient (Wildman–Crippen LogP) is 3.24. The van der Waals surface area contributed by atoms with Crippen molar-refractivity contribution in [2.24, 2.45) is 5.92 Å². The fraction of sp³-hybridized carbons (Fsp3) is 0.381. The highest BCUT2D eigenvalue weighted by atomic mass is 16.5. The zero-order valence-corrected chi connectivity index (χ0v) is 16.1. The molecule has 0 radical (unpaired) electrons. The van der Waals surface area contributed by atoms with E-state index < -0.39 is 0 Å². The van der Waals surface area contributed by atoms with E-state index in [2.05, 4.69) is 20.1 Å². The van der Waals surface area contributed by atoms with E-state index in [0.717, 1.165) is 60.8 Å². The molecule has 3 aromatic heterocycles. The molecule has 4 rings (SSSR count). The highest BCUT2D eigenvalue weighted by Gasteiger charge is 2.25. The molecule has 7 nitrogen and oxygen atoms in total. The second kappa shape index (κ2) is 7.88. The summed E-state index contributed by atoms with van der Waals surface area (Å²) in [6, 6.07) is 5.62. The van der Waals surface area contributed by atoms with Gasteiger partial charge < -0.3 is 9.42 Å². The molecule has 0 saturated carbocycles. The zero-order valence-electron chi connectivity index (χ0n) is 16.1. The first-order chi connectivity index (χ1) is 13.6. The molecule has 1 amide bonds. The van der Waals surface area contributed by atoms with E-state index in [0.29, 0.717) is 11.5 Å². The standard InChI is InChI=1S/C21H23N5O2/c1-14-20(15(2)28-25-14)19-10-18(23-13-24-19)9-16-5-4-8-26(12-16)21(27)17-6-3-7-22-11-17/h3,6-7,10-11,13,16H,4-5,8-9,12H2,1-2H3. The van der Waals surface area contributed by atoms with Crippen LogP contribution in [0.3, 0.4) is 0 Å². The number of aromatic nitrogens is 4. The van der Waals surface area contributed by atoms with Crippen molar-refractivity contribution in [2.75, 3.05) is 13.1 Å². The van der Waals surface area contributed by atoms with Gasteiger partial charge in [-0.25, -0.2) is 9.97 Å². The molecular formula is C21H23N5O2. The van der Waals surface area contributed by atoms with Crippen LogP contribution in [-0.2, 0) is 6.42 Å². The molecule has 1 saturated heterocycles. The van der Waals surface area contributed by atoms with Crippen LogP contribution in [-0.4, -0.2) is 44.0 Å². The molecule has 0 aromatic carbocycles. The Kier molecular flexibility index (Phi) is 5.14. The van der Waals surface area contributed by atoms with Crippen LogP contribution in [0.25, 0.3) is 11.3 Å². The maximum Gasteiger partial charge on any atom is 0.255 e. The highest BCUT2D eigenvalue weighted by Crippen LogP contribution is 2.27. The minimum absolute atomic E-state index is 0.0527. The topological polar surface area (TPSA) is 85.0 Å². The second-order valence-electron chi connectivity index (χ2n) is 7.30. The fourth-order valence-corrected chi connectivity index (χ4v) is 3.88. The van der Waals surface area contributed by atoms with Gasteiger partial charge in [0.25, 0.3) is 5.91 Å². The summed E-state index contributed by atoms with van der Waals surface area (Å²) < 4.78 is 5.26. The molecule has 0 aliphatic carbocycles. The molecule has 1 unspecified atom stereocenters. The van der Waals surface area contributed by atoms with E-state index in [1.807, 2.05) is 30.9 Å². The van der Waals surface area contributed by atoms with Crippen molar-refractivity contribution >= 4 is 5.91 Å². The van der Waals surface area contributed by atoms with Crippen molar-refractivity contribution in [1.82, 2.24) is 25.0 Å². The number of hydrogen-bond donors (Lipinski definition) is 0. The zero-order chi connectivity index (χ0) is 19.5. The Labute approximate surface area is 163 Å². The third-order valence-electron chi connectivity index (χ3n) is 5.23. The van der Waals surface area contributed by atoms with Crippen LogP contribution in [0.1, 0.15) is 40.3 Å². The number of aryl methyl sites for hydroxylation is 2. The summed E-state index contributed by atoms with van der Waals surface area (Å²) in [5.74, 6) is 1.19. The summed E-state index contributed by atoms with van der Waals surface area (Å²) in [6.07, 6.45) is 7.81. The largest absolute Gasteiger partial charge is 0.361 e. The molecule has 1 aliphatic heterocycles. The average Bonchev–Trinajstić information content (AvgIpc) is 3.06. The number of pyridine rings is 1. The first-order valence-electron chi connectivity index (χ1n) is 9.55. The van der Waals surface area contributed by atoms with E-state index in [-0.39, 0.29) is 5.91 Å². The van der Waals surface area contributed by atoms with Crippen molar-refractivity contribution in [3.8, 4) is 11.3 Å². The fourth-order valence-electron chi connectivity index (χ4n) is 3.88. The Bertz CT molecular complexity index is 950. The first kappa shape index (κ1) is 18.3. The molecule has 144 valence electrons. The van der Waals surface area contributed by atoms with Crippen molar-refractivity contribution in [2.45, 2.75) is 33.1 Å². The number of piperidine rings is 1. The Hall–Kier alpha value is -3.09. The van der Waals surface area contributed by atoms with Crippen molar-refractivity contribution in [3.05, 3.63) is 59.6 Å². The van der Waals surface area contributed by atoms with E-state index in [4.69, 9.17) is 4.52 Å². The smallest absolute Gasteiger partial charge is 0.255 e. The summed E-state index contributed by atoms with van der Waals surface area (Å²) in [7, 11) is 0. The number of hydrogen-bond acceptors (Lipinski definition) is 6. The second-order valence-corrected chi connectivity index (χ2v) is 7.30. The van der Waals surface area contributed by atoms with Gasteiger partial charge in [0.15, 0.2) is 0 Å². The van der Waals surface area contributed by atoms with E-state index in [1.54, 1.807) is 24.8 Å². The number of carbonyl (C=O) groups excluding carboxylic acids is 1. The average molecular weight is 377 g/mol. The lowest BCUT2D eigenvalue weighted by Crippen LogP contribution is -2.40. The summed E-state index contributed by atoms with van der Waals surface area (Å²) >= 11 is 0. The number of amides is 1. The number of likely N-dealkylation sites (tertiary alicyclic amines) is 1. The molecular weight excluding hydrogens is 354 g/mol. The number of nitrogens with zero attached hydrogens (tertiary/aromatic N) is 5. The molecule has 4 heterocycles. The lowest BCUT2D eigenvalue weighted by Gasteiger charge is -2.32. The van der Waals surface area contributed by atoms with Crippen LogP contribution < -0.4 is 0 Å². The third kappa shape index (κ3) is 3.78. The van der Waals surface area contributed by atoms with Gasteiger partial charge in [0.05, 0.1) is 22.5 Å². The Morgan fingerprint density at radius 1 is 1.32 bits per heavy atom. The lowest BCUT2D eigenvalue weighted by molar-refractivity contribution is 0.0672. The van der Waals surface area contributed by atoms with E-state index >= 15 is 0 Å². The van der Waals surface area contributed by atoms with Crippen LogP contribution >= 0.6 is 0 Å². The quantitative estimate of drug-likeness (QED) is 0.694. The summed E-state index contributed by atoms with van der Waals surface area (Å²) in [6.45, 7) is 5.33. The van der Waals surface area contributed by atoms with Gasteiger partial charge in [-0.15, -0.1) is 0 Å².